The van der Waals surface area contributed by atoms with E-state index in [1.54, 1.807) is 6.07 Å². The molecule has 1 saturated carbocycles. The van der Waals surface area contributed by atoms with Crippen molar-refractivity contribution in [2.75, 3.05) is 38.1 Å². The molecule has 2 fully saturated rings. The number of anilines is 1. The molecule has 11 heteroatoms. The van der Waals surface area contributed by atoms with Crippen LogP contribution >= 0.6 is 0 Å². The van der Waals surface area contributed by atoms with E-state index in [2.05, 4.69) is 14.9 Å². The topological polar surface area (TPSA) is 114 Å². The van der Waals surface area contributed by atoms with Gasteiger partial charge in [-0.1, -0.05) is 13.0 Å². The van der Waals surface area contributed by atoms with Gasteiger partial charge in [0.15, 0.2) is 0 Å². The van der Waals surface area contributed by atoms with Gasteiger partial charge in [-0.3, -0.25) is 9.52 Å². The molecule has 2 N–H and O–H groups in total. The number of esters is 1. The van der Waals surface area contributed by atoms with Crippen LogP contribution in [0.15, 0.2) is 35.2 Å². The minimum absolute atomic E-state index is 0.00704. The first-order valence-electron chi connectivity index (χ1n) is 12.4. The van der Waals surface area contributed by atoms with Crippen molar-refractivity contribution < 1.29 is 31.9 Å². The van der Waals surface area contributed by atoms with Gasteiger partial charge in [-0.05, 0) is 67.2 Å². The number of carbonyl (C=O) groups is 2. The highest BCUT2D eigenvalue weighted by Crippen LogP contribution is 2.55. The van der Waals surface area contributed by atoms with Crippen molar-refractivity contribution in [3.63, 3.8) is 0 Å². The second-order valence-electron chi connectivity index (χ2n) is 9.77. The van der Waals surface area contributed by atoms with E-state index in [0.29, 0.717) is 31.2 Å². The van der Waals surface area contributed by atoms with Crippen LogP contribution in [-0.2, 0) is 26.1 Å². The van der Waals surface area contributed by atoms with Crippen molar-refractivity contribution in [3.05, 3.63) is 52.8 Å². The Morgan fingerprint density at radius 3 is 2.78 bits per heavy atom. The lowest BCUT2D eigenvalue weighted by atomic mass is 10.0. The van der Waals surface area contributed by atoms with E-state index >= 15 is 0 Å². The molecule has 2 aliphatic heterocycles. The third-order valence-corrected chi connectivity index (χ3v) is 8.91. The van der Waals surface area contributed by atoms with E-state index in [1.807, 2.05) is 6.92 Å². The molecule has 37 heavy (non-hydrogen) atoms. The first-order chi connectivity index (χ1) is 17.7. The van der Waals surface area contributed by atoms with E-state index in [0.717, 1.165) is 43.3 Å². The van der Waals surface area contributed by atoms with Gasteiger partial charge in [0.05, 0.1) is 30.2 Å². The molecule has 9 nitrogen and oxygen atoms in total. The van der Waals surface area contributed by atoms with Gasteiger partial charge in [0.2, 0.25) is 5.91 Å². The molecule has 1 saturated heterocycles. The fourth-order valence-corrected chi connectivity index (χ4v) is 6.54. The van der Waals surface area contributed by atoms with Crippen molar-refractivity contribution >= 4 is 27.6 Å². The maximum absolute atomic E-state index is 14.1. The number of nitrogens with zero attached hydrogens (tertiary/aromatic N) is 1. The number of likely N-dealkylation sites (tertiary alicyclic amines) is 1. The van der Waals surface area contributed by atoms with Crippen molar-refractivity contribution in [1.29, 1.82) is 0 Å². The summed E-state index contributed by atoms with van der Waals surface area (Å²) in [5.74, 6) is -0.725. The number of halogens is 1. The van der Waals surface area contributed by atoms with Crippen LogP contribution in [0.2, 0.25) is 0 Å². The van der Waals surface area contributed by atoms with E-state index in [1.165, 1.54) is 13.2 Å². The lowest BCUT2D eigenvalue weighted by Gasteiger charge is -2.22. The second kappa shape index (κ2) is 9.94. The van der Waals surface area contributed by atoms with Gasteiger partial charge in [-0.2, -0.15) is 0 Å². The Morgan fingerprint density at radius 2 is 2.05 bits per heavy atom. The predicted octanol–water partition coefficient (Wildman–Crippen LogP) is 2.87. The molecular weight excluding hydrogens is 501 g/mol. The zero-order valence-corrected chi connectivity index (χ0v) is 21.6. The number of carbonyl (C=O) groups excluding carboxylic acids is 2. The van der Waals surface area contributed by atoms with Gasteiger partial charge in [-0.15, -0.1) is 0 Å². The van der Waals surface area contributed by atoms with Crippen LogP contribution in [0.1, 0.15) is 47.2 Å². The maximum Gasteiger partial charge on any atom is 0.343 e. The van der Waals surface area contributed by atoms with Gasteiger partial charge in [0.25, 0.3) is 10.0 Å². The zero-order chi connectivity index (χ0) is 26.3. The van der Waals surface area contributed by atoms with Crippen molar-refractivity contribution in [2.45, 2.75) is 37.1 Å². The molecule has 0 radical (unpaired) electrons. The molecule has 3 unspecified atom stereocenters. The summed E-state index contributed by atoms with van der Waals surface area (Å²) in [7, 11) is -3.06. The van der Waals surface area contributed by atoms with Crippen LogP contribution in [0, 0.1) is 17.7 Å². The molecule has 2 aromatic rings. The Bertz CT molecular complexity index is 1350. The summed E-state index contributed by atoms with van der Waals surface area (Å²) in [6.07, 6.45) is 1.68. The quantitative estimate of drug-likeness (QED) is 0.504. The number of fused-ring (bicyclic) bond motifs is 3. The third-order valence-electron chi connectivity index (χ3n) is 7.44. The number of benzene rings is 2. The highest BCUT2D eigenvalue weighted by molar-refractivity contribution is 7.92. The smallest absolute Gasteiger partial charge is 0.343 e. The number of hydrogen-bond acceptors (Lipinski definition) is 7. The highest BCUT2D eigenvalue weighted by Gasteiger charge is 2.45. The number of rotatable bonds is 8. The van der Waals surface area contributed by atoms with Gasteiger partial charge in [-0.25, -0.2) is 17.6 Å². The lowest BCUT2D eigenvalue weighted by molar-refractivity contribution is -0.124. The van der Waals surface area contributed by atoms with Crippen LogP contribution < -0.4 is 14.8 Å². The normalized spacial score (nSPS) is 22.4. The van der Waals surface area contributed by atoms with Crippen LogP contribution in [0.5, 0.6) is 5.75 Å². The van der Waals surface area contributed by atoms with Gasteiger partial charge >= 0.3 is 5.97 Å². The Hall–Kier alpha value is -3.18. The number of amides is 1. The standard InChI is InChI=1S/C26H30FN3O6S/c1-3-30-9-8-15(13-30)25(31)28-12-16-10-18(27)4-7-22(16)37(33,34)29-21-6-5-19-20-11-17(20)14-36-24(19)23(21)26(32)35-2/h4-7,10,15,17,20,29H,3,8-9,11-14H2,1-2H3,(H,28,31). The molecule has 198 valence electrons. The first kappa shape index (κ1) is 25.5. The molecule has 1 aliphatic carbocycles. The zero-order valence-electron chi connectivity index (χ0n) is 20.8. The number of methoxy groups -OCH3 is 1. The van der Waals surface area contributed by atoms with Crippen LogP contribution in [0.25, 0.3) is 0 Å². The molecule has 0 aromatic heterocycles. The number of sulfonamides is 1. The largest absolute Gasteiger partial charge is 0.492 e. The predicted molar refractivity (Wildman–Crippen MR) is 133 cm³/mol. The summed E-state index contributed by atoms with van der Waals surface area (Å²) in [6.45, 7) is 4.64. The van der Waals surface area contributed by atoms with E-state index < -0.39 is 21.8 Å². The fourth-order valence-electron chi connectivity index (χ4n) is 5.25. The average molecular weight is 532 g/mol. The summed E-state index contributed by atoms with van der Waals surface area (Å²) < 4.78 is 54.3. The molecule has 3 aliphatic rings. The number of nitrogens with one attached hydrogen (secondary N) is 2. The molecular formula is C26H30FN3O6S. The Balaban J connectivity index is 1.40. The van der Waals surface area contributed by atoms with Crippen LogP contribution in [-0.4, -0.2) is 58.5 Å². The van der Waals surface area contributed by atoms with E-state index in [9.17, 15) is 22.4 Å². The molecule has 1 amide bonds. The van der Waals surface area contributed by atoms with Gasteiger partial charge < -0.3 is 19.7 Å². The molecule has 5 rings (SSSR count). The van der Waals surface area contributed by atoms with Crippen LogP contribution in [0.3, 0.4) is 0 Å². The molecule has 0 spiro atoms. The summed E-state index contributed by atoms with van der Waals surface area (Å²) in [5, 5.41) is 2.76. The minimum Gasteiger partial charge on any atom is -0.492 e. The molecule has 2 heterocycles. The fraction of sp³-hybridized carbons (Fsp3) is 0.462. The monoisotopic (exact) mass is 531 g/mol. The van der Waals surface area contributed by atoms with E-state index in [4.69, 9.17) is 9.47 Å². The Morgan fingerprint density at radius 1 is 1.24 bits per heavy atom. The highest BCUT2D eigenvalue weighted by atomic mass is 32.2. The second-order valence-corrected chi connectivity index (χ2v) is 11.4. The molecule has 2 aromatic carbocycles. The summed E-state index contributed by atoms with van der Waals surface area (Å²) in [5.41, 5.74) is 0.974. The van der Waals surface area contributed by atoms with Crippen LogP contribution in [0.4, 0.5) is 10.1 Å². The van der Waals surface area contributed by atoms with Gasteiger partial charge in [0, 0.05) is 19.0 Å². The maximum atomic E-state index is 14.1. The van der Waals surface area contributed by atoms with Crippen molar-refractivity contribution in [3.8, 4) is 5.75 Å². The van der Waals surface area contributed by atoms with Gasteiger partial charge in [0.1, 0.15) is 17.1 Å². The SMILES string of the molecule is CCN1CCC(C(=O)NCc2cc(F)ccc2S(=O)(=O)Nc2ccc3c(c2C(=O)OC)OCC2CC32)C1. The number of ether oxygens (including phenoxy) is 2. The number of hydrogen-bond donors (Lipinski definition) is 2. The minimum atomic E-state index is -4.27. The Kier molecular flexibility index (Phi) is 6.84. The molecule has 0 bridgehead atoms. The summed E-state index contributed by atoms with van der Waals surface area (Å²) in [6, 6.07) is 6.56. The third kappa shape index (κ3) is 5.02. The van der Waals surface area contributed by atoms with E-state index in [-0.39, 0.29) is 46.0 Å². The Labute approximate surface area is 215 Å². The summed E-state index contributed by atoms with van der Waals surface area (Å²) >= 11 is 0. The molecule has 3 atom stereocenters. The summed E-state index contributed by atoms with van der Waals surface area (Å²) in [4.78, 5) is 27.3. The van der Waals surface area contributed by atoms with Crippen molar-refractivity contribution in [2.24, 2.45) is 11.8 Å². The first-order valence-corrected chi connectivity index (χ1v) is 13.9. The van der Waals surface area contributed by atoms with Crippen molar-refractivity contribution in [1.82, 2.24) is 10.2 Å². The lowest BCUT2D eigenvalue weighted by Crippen LogP contribution is -2.33. The average Bonchev–Trinajstić information content (AvgIpc) is 3.53.